The van der Waals surface area contributed by atoms with Crippen molar-refractivity contribution in [2.75, 3.05) is 38.3 Å². The van der Waals surface area contributed by atoms with E-state index in [1.807, 2.05) is 11.8 Å². The fourth-order valence-electron chi connectivity index (χ4n) is 0.859. The van der Waals surface area contributed by atoms with Crippen LogP contribution in [0.1, 0.15) is 0 Å². The third-order valence-corrected chi connectivity index (χ3v) is 2.81. The van der Waals surface area contributed by atoms with Gasteiger partial charge in [0.05, 0.1) is 6.61 Å². The first kappa shape index (κ1) is 8.37. The van der Waals surface area contributed by atoms with E-state index in [-0.39, 0.29) is 0 Å². The summed E-state index contributed by atoms with van der Waals surface area (Å²) in [6, 6.07) is 0. The number of hydrogen-bond donors (Lipinski definition) is 1. The van der Waals surface area contributed by atoms with Crippen LogP contribution in [0.5, 0.6) is 0 Å². The van der Waals surface area contributed by atoms with Crippen LogP contribution in [-0.2, 0) is 4.74 Å². The van der Waals surface area contributed by atoms with Gasteiger partial charge in [-0.2, -0.15) is 11.8 Å². The highest BCUT2D eigenvalue weighted by atomic mass is 32.2. The molecule has 1 fully saturated rings. The molecule has 0 amide bonds. The minimum Gasteiger partial charge on any atom is -0.384 e. The van der Waals surface area contributed by atoms with Crippen LogP contribution in [0, 0.1) is 5.92 Å². The summed E-state index contributed by atoms with van der Waals surface area (Å²) in [5, 5.41) is 3.26. The second-order valence-corrected chi connectivity index (χ2v) is 3.74. The fraction of sp³-hybridized carbons (Fsp3) is 1.00. The molecule has 1 aliphatic rings. The van der Waals surface area contributed by atoms with Crippen LogP contribution in [0.4, 0.5) is 0 Å². The second kappa shape index (κ2) is 4.99. The van der Waals surface area contributed by atoms with Crippen molar-refractivity contribution in [1.29, 1.82) is 0 Å². The molecule has 0 aromatic heterocycles. The standard InChI is InChI=1S/C7H15NOS/c1-9-2-3-10-6-7-4-8-5-7/h7-8H,2-6H2,1H3. The van der Waals surface area contributed by atoms with Gasteiger partial charge in [0.25, 0.3) is 0 Å². The molecule has 0 aromatic carbocycles. The number of thioether (sulfide) groups is 1. The SMILES string of the molecule is COCCSCC1CNC1. The highest BCUT2D eigenvalue weighted by Gasteiger charge is 2.15. The smallest absolute Gasteiger partial charge is 0.0552 e. The van der Waals surface area contributed by atoms with Gasteiger partial charge in [-0.15, -0.1) is 0 Å². The molecule has 10 heavy (non-hydrogen) atoms. The minimum absolute atomic E-state index is 0.894. The van der Waals surface area contributed by atoms with Gasteiger partial charge < -0.3 is 10.1 Å². The summed E-state index contributed by atoms with van der Waals surface area (Å²) >= 11 is 2.00. The van der Waals surface area contributed by atoms with Crippen molar-refractivity contribution >= 4 is 11.8 Å². The summed E-state index contributed by atoms with van der Waals surface area (Å²) in [5.74, 6) is 3.38. The van der Waals surface area contributed by atoms with Crippen LogP contribution >= 0.6 is 11.8 Å². The summed E-state index contributed by atoms with van der Waals surface area (Å²) in [7, 11) is 1.76. The predicted molar refractivity (Wildman–Crippen MR) is 45.6 cm³/mol. The Labute approximate surface area is 66.7 Å². The molecule has 0 atom stereocenters. The molecule has 0 unspecified atom stereocenters. The van der Waals surface area contributed by atoms with Gasteiger partial charge in [-0.05, 0) is 24.8 Å². The van der Waals surface area contributed by atoms with Crippen LogP contribution in [0.25, 0.3) is 0 Å². The van der Waals surface area contributed by atoms with Crippen molar-refractivity contribution in [1.82, 2.24) is 5.32 Å². The second-order valence-electron chi connectivity index (χ2n) is 2.59. The molecule has 1 heterocycles. The zero-order valence-electron chi connectivity index (χ0n) is 6.43. The number of ether oxygens (including phenoxy) is 1. The van der Waals surface area contributed by atoms with E-state index in [0.29, 0.717) is 0 Å². The average Bonchev–Trinajstić information content (AvgIpc) is 1.84. The predicted octanol–water partition coefficient (Wildman–Crippen LogP) is 0.585. The van der Waals surface area contributed by atoms with E-state index in [1.165, 1.54) is 18.8 Å². The summed E-state index contributed by atoms with van der Waals surface area (Å²) in [4.78, 5) is 0. The maximum absolute atomic E-state index is 4.94. The van der Waals surface area contributed by atoms with Crippen molar-refractivity contribution in [3.05, 3.63) is 0 Å². The number of nitrogens with one attached hydrogen (secondary N) is 1. The lowest BCUT2D eigenvalue weighted by Gasteiger charge is -2.26. The molecule has 60 valence electrons. The summed E-state index contributed by atoms with van der Waals surface area (Å²) < 4.78 is 4.94. The van der Waals surface area contributed by atoms with E-state index in [4.69, 9.17) is 4.74 Å². The first-order valence-electron chi connectivity index (χ1n) is 3.71. The molecular formula is C7H15NOS. The van der Waals surface area contributed by atoms with Crippen molar-refractivity contribution in [3.8, 4) is 0 Å². The third-order valence-electron chi connectivity index (χ3n) is 1.65. The lowest BCUT2D eigenvalue weighted by molar-refractivity contribution is 0.218. The number of rotatable bonds is 5. The van der Waals surface area contributed by atoms with Crippen LogP contribution < -0.4 is 5.32 Å². The summed E-state index contributed by atoms with van der Waals surface area (Å²) in [6.45, 7) is 3.34. The molecule has 0 aromatic rings. The molecule has 0 bridgehead atoms. The molecule has 1 N–H and O–H groups in total. The van der Waals surface area contributed by atoms with E-state index in [0.717, 1.165) is 18.3 Å². The summed E-state index contributed by atoms with van der Waals surface area (Å²) in [5.41, 5.74) is 0. The highest BCUT2D eigenvalue weighted by molar-refractivity contribution is 7.99. The molecule has 3 heteroatoms. The van der Waals surface area contributed by atoms with Gasteiger partial charge >= 0.3 is 0 Å². The third kappa shape index (κ3) is 2.90. The number of methoxy groups -OCH3 is 1. The molecule has 2 nitrogen and oxygen atoms in total. The quantitative estimate of drug-likeness (QED) is 0.596. The van der Waals surface area contributed by atoms with Crippen molar-refractivity contribution in [3.63, 3.8) is 0 Å². The first-order valence-corrected chi connectivity index (χ1v) is 4.86. The fourth-order valence-corrected chi connectivity index (χ4v) is 1.88. The van der Waals surface area contributed by atoms with E-state index in [2.05, 4.69) is 5.32 Å². The van der Waals surface area contributed by atoms with Crippen LogP contribution in [0.3, 0.4) is 0 Å². The maximum Gasteiger partial charge on any atom is 0.0552 e. The Hall–Kier alpha value is 0.270. The van der Waals surface area contributed by atoms with Crippen LogP contribution in [-0.4, -0.2) is 38.3 Å². The zero-order chi connectivity index (χ0) is 7.23. The topological polar surface area (TPSA) is 21.3 Å². The van der Waals surface area contributed by atoms with Gasteiger partial charge in [0.15, 0.2) is 0 Å². The van der Waals surface area contributed by atoms with Crippen molar-refractivity contribution < 1.29 is 4.74 Å². The van der Waals surface area contributed by atoms with Gasteiger partial charge in [0.2, 0.25) is 0 Å². The Morgan fingerprint density at radius 2 is 2.40 bits per heavy atom. The molecule has 1 aliphatic heterocycles. The van der Waals surface area contributed by atoms with E-state index in [9.17, 15) is 0 Å². The van der Waals surface area contributed by atoms with Crippen molar-refractivity contribution in [2.45, 2.75) is 0 Å². The van der Waals surface area contributed by atoms with Crippen LogP contribution in [0.15, 0.2) is 0 Å². The Bertz CT molecular complexity index is 85.7. The van der Waals surface area contributed by atoms with Gasteiger partial charge in [-0.3, -0.25) is 0 Å². The largest absolute Gasteiger partial charge is 0.384 e. The first-order chi connectivity index (χ1) is 4.93. The van der Waals surface area contributed by atoms with Gasteiger partial charge in [0, 0.05) is 12.9 Å². The Morgan fingerprint density at radius 1 is 1.60 bits per heavy atom. The lowest BCUT2D eigenvalue weighted by Crippen LogP contribution is -2.43. The monoisotopic (exact) mass is 161 g/mol. The lowest BCUT2D eigenvalue weighted by atomic mass is 10.1. The van der Waals surface area contributed by atoms with E-state index in [1.54, 1.807) is 7.11 Å². The van der Waals surface area contributed by atoms with E-state index >= 15 is 0 Å². The van der Waals surface area contributed by atoms with Gasteiger partial charge in [-0.1, -0.05) is 0 Å². The minimum atomic E-state index is 0.894. The Balaban J connectivity index is 1.76. The molecule has 0 spiro atoms. The molecule has 1 saturated heterocycles. The summed E-state index contributed by atoms with van der Waals surface area (Å²) in [6.07, 6.45) is 0. The number of hydrogen-bond acceptors (Lipinski definition) is 3. The van der Waals surface area contributed by atoms with Crippen LogP contribution in [0.2, 0.25) is 0 Å². The van der Waals surface area contributed by atoms with Crippen molar-refractivity contribution in [2.24, 2.45) is 5.92 Å². The van der Waals surface area contributed by atoms with Gasteiger partial charge in [0.1, 0.15) is 0 Å². The normalized spacial score (nSPS) is 18.9. The average molecular weight is 161 g/mol. The molecule has 1 rings (SSSR count). The Morgan fingerprint density at radius 3 is 2.90 bits per heavy atom. The highest BCUT2D eigenvalue weighted by Crippen LogP contribution is 2.11. The zero-order valence-corrected chi connectivity index (χ0v) is 7.25. The molecule has 0 radical (unpaired) electrons. The maximum atomic E-state index is 4.94. The van der Waals surface area contributed by atoms with E-state index < -0.39 is 0 Å². The molecular weight excluding hydrogens is 146 g/mol. The Kier molecular flexibility index (Phi) is 4.18. The van der Waals surface area contributed by atoms with Gasteiger partial charge in [-0.25, -0.2) is 0 Å². The molecule has 0 aliphatic carbocycles. The molecule has 0 saturated carbocycles.